The molecule has 1 aromatic carbocycles. The van der Waals surface area contributed by atoms with Gasteiger partial charge in [-0.1, -0.05) is 50.5 Å². The predicted octanol–water partition coefficient (Wildman–Crippen LogP) is 4.24. The van der Waals surface area contributed by atoms with Gasteiger partial charge < -0.3 is 10.1 Å². The van der Waals surface area contributed by atoms with Crippen molar-refractivity contribution >= 4 is 0 Å². The Balaban J connectivity index is 1.84. The van der Waals surface area contributed by atoms with Crippen molar-refractivity contribution in [1.29, 1.82) is 0 Å². The summed E-state index contributed by atoms with van der Waals surface area (Å²) in [5.41, 5.74) is 2.72. The van der Waals surface area contributed by atoms with E-state index >= 15 is 0 Å². The number of hydrogen-bond donors (Lipinski definition) is 1. The van der Waals surface area contributed by atoms with Crippen LogP contribution in [-0.2, 0) is 4.74 Å². The molecule has 0 radical (unpaired) electrons. The van der Waals surface area contributed by atoms with Crippen LogP contribution in [-0.4, -0.2) is 19.8 Å². The maximum absolute atomic E-state index is 6.03. The van der Waals surface area contributed by atoms with E-state index in [2.05, 4.69) is 43.4 Å². The first-order chi connectivity index (χ1) is 9.81. The Bertz CT molecular complexity index is 385. The van der Waals surface area contributed by atoms with Gasteiger partial charge in [0.1, 0.15) is 0 Å². The molecule has 0 aliphatic heterocycles. The van der Waals surface area contributed by atoms with E-state index in [1.165, 1.54) is 43.2 Å². The van der Waals surface area contributed by atoms with Crippen molar-refractivity contribution in [3.05, 3.63) is 35.4 Å². The van der Waals surface area contributed by atoms with E-state index in [9.17, 15) is 0 Å². The molecule has 1 aromatic rings. The topological polar surface area (TPSA) is 21.3 Å². The Morgan fingerprint density at radius 2 is 1.95 bits per heavy atom. The van der Waals surface area contributed by atoms with E-state index in [4.69, 9.17) is 4.74 Å². The Morgan fingerprint density at radius 1 is 1.20 bits per heavy atom. The van der Waals surface area contributed by atoms with E-state index in [0.29, 0.717) is 6.04 Å². The third-order valence-corrected chi connectivity index (χ3v) is 4.38. The minimum absolute atomic E-state index is 0.324. The molecule has 0 aromatic heterocycles. The molecule has 1 unspecified atom stereocenters. The van der Waals surface area contributed by atoms with Gasteiger partial charge in [-0.05, 0) is 43.4 Å². The van der Waals surface area contributed by atoms with Gasteiger partial charge in [-0.3, -0.25) is 0 Å². The lowest BCUT2D eigenvalue weighted by atomic mass is 9.90. The highest BCUT2D eigenvalue weighted by Crippen LogP contribution is 2.24. The average molecular weight is 275 g/mol. The first kappa shape index (κ1) is 15.5. The third-order valence-electron chi connectivity index (χ3n) is 4.38. The second-order valence-corrected chi connectivity index (χ2v) is 6.01. The molecule has 1 atom stereocenters. The molecule has 0 heterocycles. The largest absolute Gasteiger partial charge is 0.379 e. The summed E-state index contributed by atoms with van der Waals surface area (Å²) in [6, 6.07) is 8.94. The maximum atomic E-state index is 6.03. The highest BCUT2D eigenvalue weighted by atomic mass is 16.5. The summed E-state index contributed by atoms with van der Waals surface area (Å²) in [4.78, 5) is 0. The molecule has 20 heavy (non-hydrogen) atoms. The molecule has 0 spiro atoms. The minimum atomic E-state index is 0.324. The standard InChI is InChI=1S/C18H29NO/c1-3-19-18(17-12-8-7-9-15(17)2)14-20-13-16-10-5-4-6-11-16/h7-9,12,16,18-19H,3-6,10-11,13-14H2,1-2H3. The lowest BCUT2D eigenvalue weighted by Gasteiger charge is -2.24. The Morgan fingerprint density at radius 3 is 2.65 bits per heavy atom. The quantitative estimate of drug-likeness (QED) is 0.803. The van der Waals surface area contributed by atoms with Gasteiger partial charge in [-0.25, -0.2) is 0 Å². The molecule has 0 amide bonds. The van der Waals surface area contributed by atoms with Gasteiger partial charge in [-0.2, -0.15) is 0 Å². The van der Waals surface area contributed by atoms with Crippen molar-refractivity contribution < 1.29 is 4.74 Å². The number of nitrogens with one attached hydrogen (secondary N) is 1. The van der Waals surface area contributed by atoms with Crippen molar-refractivity contribution in [2.75, 3.05) is 19.8 Å². The molecule has 1 saturated carbocycles. The number of aryl methyl sites for hydroxylation is 1. The number of rotatable bonds is 7. The molecular formula is C18H29NO. The van der Waals surface area contributed by atoms with Crippen LogP contribution < -0.4 is 5.32 Å². The second-order valence-electron chi connectivity index (χ2n) is 6.01. The summed E-state index contributed by atoms with van der Waals surface area (Å²) < 4.78 is 6.03. The van der Waals surface area contributed by atoms with E-state index in [1.807, 2.05) is 0 Å². The van der Waals surface area contributed by atoms with Crippen LogP contribution in [0.1, 0.15) is 56.2 Å². The lowest BCUT2D eigenvalue weighted by molar-refractivity contribution is 0.0695. The van der Waals surface area contributed by atoms with Crippen LogP contribution in [0, 0.1) is 12.8 Å². The summed E-state index contributed by atoms with van der Waals surface area (Å²) >= 11 is 0. The zero-order valence-electron chi connectivity index (χ0n) is 13.0. The molecule has 1 aliphatic rings. The smallest absolute Gasteiger partial charge is 0.0661 e. The molecule has 112 valence electrons. The van der Waals surface area contributed by atoms with E-state index < -0.39 is 0 Å². The van der Waals surface area contributed by atoms with Crippen LogP contribution in [0.3, 0.4) is 0 Å². The van der Waals surface area contributed by atoms with Crippen molar-refractivity contribution in [3.8, 4) is 0 Å². The average Bonchev–Trinajstić information content (AvgIpc) is 2.48. The summed E-state index contributed by atoms with van der Waals surface area (Å²) in [7, 11) is 0. The van der Waals surface area contributed by atoms with Crippen LogP contribution in [0.2, 0.25) is 0 Å². The normalized spacial score (nSPS) is 18.1. The molecule has 2 heteroatoms. The fourth-order valence-corrected chi connectivity index (χ4v) is 3.19. The molecular weight excluding hydrogens is 246 g/mol. The summed E-state index contributed by atoms with van der Waals surface area (Å²) in [6.45, 7) is 7.04. The van der Waals surface area contributed by atoms with Crippen LogP contribution in [0.4, 0.5) is 0 Å². The second kappa shape index (κ2) is 8.43. The van der Waals surface area contributed by atoms with Gasteiger partial charge in [-0.15, -0.1) is 0 Å². The number of benzene rings is 1. The van der Waals surface area contributed by atoms with Crippen LogP contribution in [0.25, 0.3) is 0 Å². The van der Waals surface area contributed by atoms with Crippen LogP contribution >= 0.6 is 0 Å². The molecule has 1 fully saturated rings. The van der Waals surface area contributed by atoms with Gasteiger partial charge in [0.15, 0.2) is 0 Å². The highest BCUT2D eigenvalue weighted by molar-refractivity contribution is 5.28. The van der Waals surface area contributed by atoms with Gasteiger partial charge in [0, 0.05) is 6.61 Å². The van der Waals surface area contributed by atoms with E-state index in [-0.39, 0.29) is 0 Å². The first-order valence-corrected chi connectivity index (χ1v) is 8.18. The van der Waals surface area contributed by atoms with Crippen molar-refractivity contribution in [1.82, 2.24) is 5.32 Å². The summed E-state index contributed by atoms with van der Waals surface area (Å²) in [6.07, 6.45) is 6.91. The Hall–Kier alpha value is -0.860. The first-order valence-electron chi connectivity index (χ1n) is 8.18. The Labute approximate surface area is 123 Å². The minimum Gasteiger partial charge on any atom is -0.379 e. The fraction of sp³-hybridized carbons (Fsp3) is 0.667. The van der Waals surface area contributed by atoms with Crippen LogP contribution in [0.15, 0.2) is 24.3 Å². The summed E-state index contributed by atoms with van der Waals surface area (Å²) in [5.74, 6) is 0.794. The number of likely N-dealkylation sites (N-methyl/N-ethyl adjacent to an activating group) is 1. The molecule has 0 saturated heterocycles. The van der Waals surface area contributed by atoms with Crippen molar-refractivity contribution in [2.45, 2.75) is 52.0 Å². The van der Waals surface area contributed by atoms with Gasteiger partial charge in [0.2, 0.25) is 0 Å². The predicted molar refractivity (Wildman–Crippen MR) is 85.0 cm³/mol. The SMILES string of the molecule is CCNC(COCC1CCCCC1)c1ccccc1C. The number of hydrogen-bond acceptors (Lipinski definition) is 2. The Kier molecular flexibility index (Phi) is 6.55. The maximum Gasteiger partial charge on any atom is 0.0661 e. The zero-order chi connectivity index (χ0) is 14.2. The molecule has 0 bridgehead atoms. The summed E-state index contributed by atoms with van der Waals surface area (Å²) in [5, 5.41) is 3.55. The molecule has 1 N–H and O–H groups in total. The monoisotopic (exact) mass is 275 g/mol. The zero-order valence-corrected chi connectivity index (χ0v) is 13.0. The van der Waals surface area contributed by atoms with Crippen molar-refractivity contribution in [3.63, 3.8) is 0 Å². The fourth-order valence-electron chi connectivity index (χ4n) is 3.19. The van der Waals surface area contributed by atoms with Gasteiger partial charge in [0.25, 0.3) is 0 Å². The van der Waals surface area contributed by atoms with Gasteiger partial charge in [0.05, 0.1) is 12.6 Å². The highest BCUT2D eigenvalue weighted by Gasteiger charge is 2.16. The van der Waals surface area contributed by atoms with E-state index in [1.54, 1.807) is 0 Å². The number of ether oxygens (including phenoxy) is 1. The van der Waals surface area contributed by atoms with Crippen LogP contribution in [0.5, 0.6) is 0 Å². The molecule has 2 rings (SSSR count). The molecule has 2 nitrogen and oxygen atoms in total. The van der Waals surface area contributed by atoms with E-state index in [0.717, 1.165) is 25.7 Å². The molecule has 1 aliphatic carbocycles. The van der Waals surface area contributed by atoms with Gasteiger partial charge >= 0.3 is 0 Å². The third kappa shape index (κ3) is 4.60. The lowest BCUT2D eigenvalue weighted by Crippen LogP contribution is -2.27. The van der Waals surface area contributed by atoms with Crippen molar-refractivity contribution in [2.24, 2.45) is 5.92 Å².